The van der Waals surface area contributed by atoms with Gasteiger partial charge in [-0.3, -0.25) is 4.98 Å². The maximum Gasteiger partial charge on any atom is 0.0619 e. The summed E-state index contributed by atoms with van der Waals surface area (Å²) >= 11 is 0. The standard InChI is InChI=1S/C12H18N2O/c1-10(11-4-2-6-13-8-11)14-12-5-3-7-15-9-12/h2,4,6,8,10,12,14H,3,5,7,9H2,1H3/t10-,12?/m0/s1. The first kappa shape index (κ1) is 10.6. The predicted molar refractivity (Wildman–Crippen MR) is 59.6 cm³/mol. The molecule has 1 fully saturated rings. The quantitative estimate of drug-likeness (QED) is 0.820. The Morgan fingerprint density at radius 3 is 3.20 bits per heavy atom. The van der Waals surface area contributed by atoms with Crippen molar-refractivity contribution in [3.63, 3.8) is 0 Å². The summed E-state index contributed by atoms with van der Waals surface area (Å²) in [6.45, 7) is 3.93. The summed E-state index contributed by atoms with van der Waals surface area (Å²) < 4.78 is 5.44. The molecule has 2 rings (SSSR count). The second kappa shape index (κ2) is 5.24. The van der Waals surface area contributed by atoms with E-state index in [2.05, 4.69) is 23.3 Å². The minimum absolute atomic E-state index is 0.352. The summed E-state index contributed by atoms with van der Waals surface area (Å²) in [5.74, 6) is 0. The minimum Gasteiger partial charge on any atom is -0.380 e. The average Bonchev–Trinajstić information content (AvgIpc) is 2.31. The average molecular weight is 206 g/mol. The lowest BCUT2D eigenvalue weighted by Crippen LogP contribution is -2.38. The van der Waals surface area contributed by atoms with Crippen LogP contribution in [-0.4, -0.2) is 24.2 Å². The van der Waals surface area contributed by atoms with E-state index in [0.717, 1.165) is 19.6 Å². The van der Waals surface area contributed by atoms with Crippen LogP contribution in [0.25, 0.3) is 0 Å². The lowest BCUT2D eigenvalue weighted by molar-refractivity contribution is 0.0671. The van der Waals surface area contributed by atoms with Crippen molar-refractivity contribution in [3.05, 3.63) is 30.1 Å². The Morgan fingerprint density at radius 1 is 1.60 bits per heavy atom. The van der Waals surface area contributed by atoms with Crippen molar-refractivity contribution in [1.82, 2.24) is 10.3 Å². The predicted octanol–water partition coefficient (Wildman–Crippen LogP) is 1.91. The number of ether oxygens (including phenoxy) is 1. The van der Waals surface area contributed by atoms with Crippen LogP contribution in [0.1, 0.15) is 31.4 Å². The van der Waals surface area contributed by atoms with Gasteiger partial charge in [-0.15, -0.1) is 0 Å². The third kappa shape index (κ3) is 3.01. The minimum atomic E-state index is 0.352. The highest BCUT2D eigenvalue weighted by atomic mass is 16.5. The molecule has 1 aliphatic heterocycles. The van der Waals surface area contributed by atoms with E-state index in [-0.39, 0.29) is 0 Å². The molecule has 1 saturated heterocycles. The molecule has 2 heterocycles. The maximum atomic E-state index is 5.44. The summed E-state index contributed by atoms with van der Waals surface area (Å²) in [7, 11) is 0. The van der Waals surface area contributed by atoms with Gasteiger partial charge in [-0.1, -0.05) is 6.07 Å². The van der Waals surface area contributed by atoms with Gasteiger partial charge in [0.2, 0.25) is 0 Å². The van der Waals surface area contributed by atoms with Crippen LogP contribution in [-0.2, 0) is 4.74 Å². The van der Waals surface area contributed by atoms with Gasteiger partial charge in [0, 0.05) is 31.1 Å². The molecule has 1 N–H and O–H groups in total. The maximum absolute atomic E-state index is 5.44. The van der Waals surface area contributed by atoms with Crippen molar-refractivity contribution in [3.8, 4) is 0 Å². The van der Waals surface area contributed by atoms with E-state index in [0.29, 0.717) is 12.1 Å². The summed E-state index contributed by atoms with van der Waals surface area (Å²) in [6.07, 6.45) is 6.10. The van der Waals surface area contributed by atoms with Gasteiger partial charge in [-0.05, 0) is 31.4 Å². The molecule has 1 aromatic rings. The molecule has 1 unspecified atom stereocenters. The van der Waals surface area contributed by atoms with Gasteiger partial charge in [0.15, 0.2) is 0 Å². The summed E-state index contributed by atoms with van der Waals surface area (Å²) in [6, 6.07) is 4.93. The number of hydrogen-bond acceptors (Lipinski definition) is 3. The summed E-state index contributed by atoms with van der Waals surface area (Å²) in [5, 5.41) is 3.57. The normalized spacial score (nSPS) is 23.7. The van der Waals surface area contributed by atoms with Crippen LogP contribution < -0.4 is 5.32 Å². The monoisotopic (exact) mass is 206 g/mol. The molecule has 0 bridgehead atoms. The van der Waals surface area contributed by atoms with E-state index in [4.69, 9.17) is 4.74 Å². The lowest BCUT2D eigenvalue weighted by atomic mass is 10.1. The fraction of sp³-hybridized carbons (Fsp3) is 0.583. The first-order valence-electron chi connectivity index (χ1n) is 5.60. The third-order valence-electron chi connectivity index (χ3n) is 2.83. The number of aromatic nitrogens is 1. The van der Waals surface area contributed by atoms with Crippen molar-refractivity contribution < 1.29 is 4.74 Å². The molecule has 3 heteroatoms. The topological polar surface area (TPSA) is 34.1 Å². The van der Waals surface area contributed by atoms with E-state index in [1.807, 2.05) is 12.3 Å². The van der Waals surface area contributed by atoms with Gasteiger partial charge >= 0.3 is 0 Å². The molecule has 1 aromatic heterocycles. The molecule has 0 aromatic carbocycles. The molecular weight excluding hydrogens is 188 g/mol. The van der Waals surface area contributed by atoms with E-state index < -0.39 is 0 Å². The first-order valence-corrected chi connectivity index (χ1v) is 5.60. The van der Waals surface area contributed by atoms with Crippen LogP contribution in [0.2, 0.25) is 0 Å². The van der Waals surface area contributed by atoms with Crippen molar-refractivity contribution in [2.24, 2.45) is 0 Å². The highest BCUT2D eigenvalue weighted by Gasteiger charge is 2.16. The Bertz CT molecular complexity index is 283. The second-order valence-corrected chi connectivity index (χ2v) is 4.09. The fourth-order valence-electron chi connectivity index (χ4n) is 1.95. The zero-order valence-electron chi connectivity index (χ0n) is 9.15. The molecule has 1 aliphatic rings. The van der Waals surface area contributed by atoms with Crippen molar-refractivity contribution >= 4 is 0 Å². The van der Waals surface area contributed by atoms with Crippen molar-refractivity contribution in [2.75, 3.05) is 13.2 Å². The number of pyridine rings is 1. The Balaban J connectivity index is 1.88. The van der Waals surface area contributed by atoms with E-state index in [1.165, 1.54) is 12.0 Å². The van der Waals surface area contributed by atoms with Crippen LogP contribution >= 0.6 is 0 Å². The molecule has 3 nitrogen and oxygen atoms in total. The Morgan fingerprint density at radius 2 is 2.53 bits per heavy atom. The number of nitrogens with zero attached hydrogens (tertiary/aromatic N) is 1. The molecule has 0 radical (unpaired) electrons. The van der Waals surface area contributed by atoms with Crippen molar-refractivity contribution in [1.29, 1.82) is 0 Å². The molecule has 15 heavy (non-hydrogen) atoms. The number of hydrogen-bond donors (Lipinski definition) is 1. The molecule has 82 valence electrons. The van der Waals surface area contributed by atoms with Gasteiger partial charge in [0.25, 0.3) is 0 Å². The van der Waals surface area contributed by atoms with Crippen molar-refractivity contribution in [2.45, 2.75) is 31.8 Å². The van der Waals surface area contributed by atoms with E-state index in [1.54, 1.807) is 6.20 Å². The zero-order chi connectivity index (χ0) is 10.5. The Kier molecular flexibility index (Phi) is 3.69. The van der Waals surface area contributed by atoms with Gasteiger partial charge < -0.3 is 10.1 Å². The van der Waals surface area contributed by atoms with Crippen LogP contribution in [0.4, 0.5) is 0 Å². The second-order valence-electron chi connectivity index (χ2n) is 4.09. The van der Waals surface area contributed by atoms with Gasteiger partial charge in [0.05, 0.1) is 6.61 Å². The van der Waals surface area contributed by atoms with Gasteiger partial charge in [-0.25, -0.2) is 0 Å². The lowest BCUT2D eigenvalue weighted by Gasteiger charge is -2.26. The Hall–Kier alpha value is -0.930. The highest BCUT2D eigenvalue weighted by molar-refractivity contribution is 5.12. The van der Waals surface area contributed by atoms with Crippen LogP contribution in [0.3, 0.4) is 0 Å². The Labute approximate surface area is 90.9 Å². The third-order valence-corrected chi connectivity index (χ3v) is 2.83. The molecule has 0 spiro atoms. The van der Waals surface area contributed by atoms with Crippen LogP contribution in [0, 0.1) is 0 Å². The summed E-state index contributed by atoms with van der Waals surface area (Å²) in [5.41, 5.74) is 1.24. The highest BCUT2D eigenvalue weighted by Crippen LogP contribution is 2.14. The largest absolute Gasteiger partial charge is 0.380 e. The number of rotatable bonds is 3. The van der Waals surface area contributed by atoms with Gasteiger partial charge in [0.1, 0.15) is 0 Å². The summed E-state index contributed by atoms with van der Waals surface area (Å²) in [4.78, 5) is 4.13. The van der Waals surface area contributed by atoms with Crippen LogP contribution in [0.5, 0.6) is 0 Å². The number of nitrogens with one attached hydrogen (secondary N) is 1. The van der Waals surface area contributed by atoms with Gasteiger partial charge in [-0.2, -0.15) is 0 Å². The SMILES string of the molecule is C[C@H](NC1CCCOC1)c1cccnc1. The fourth-order valence-corrected chi connectivity index (χ4v) is 1.95. The molecule has 0 saturated carbocycles. The molecule has 2 atom stereocenters. The smallest absolute Gasteiger partial charge is 0.0619 e. The molecule has 0 aliphatic carbocycles. The first-order chi connectivity index (χ1) is 7.36. The van der Waals surface area contributed by atoms with E-state index in [9.17, 15) is 0 Å². The molecule has 0 amide bonds. The zero-order valence-corrected chi connectivity index (χ0v) is 9.15. The van der Waals surface area contributed by atoms with E-state index >= 15 is 0 Å². The molecular formula is C12H18N2O. The van der Waals surface area contributed by atoms with Crippen LogP contribution in [0.15, 0.2) is 24.5 Å².